The third-order valence-corrected chi connectivity index (χ3v) is 5.30. The molecule has 0 saturated carbocycles. The van der Waals surface area contributed by atoms with Gasteiger partial charge >= 0.3 is 5.97 Å². The topological polar surface area (TPSA) is 55.7 Å². The summed E-state index contributed by atoms with van der Waals surface area (Å²) < 4.78 is 5.31. The highest BCUT2D eigenvalue weighted by Gasteiger charge is 2.47. The molecule has 136 valence electrons. The minimum Gasteiger partial charge on any atom is -0.463 e. The summed E-state index contributed by atoms with van der Waals surface area (Å²) in [7, 11) is 0. The van der Waals surface area contributed by atoms with Gasteiger partial charge in [-0.15, -0.1) is 0 Å². The number of rotatable bonds is 3. The SMILES string of the molecule is CCOC(=O)C1=C(C)N=C2c3ccccc3C(=O)[C@@H]2[C@H]1c1ccc(C)cc1. The van der Waals surface area contributed by atoms with Crippen molar-refractivity contribution in [3.63, 3.8) is 0 Å². The number of hydrogen-bond acceptors (Lipinski definition) is 4. The van der Waals surface area contributed by atoms with E-state index in [-0.39, 0.29) is 12.4 Å². The summed E-state index contributed by atoms with van der Waals surface area (Å²) in [6.07, 6.45) is 0. The number of aryl methyl sites for hydroxylation is 1. The van der Waals surface area contributed by atoms with Gasteiger partial charge in [0, 0.05) is 22.7 Å². The van der Waals surface area contributed by atoms with Gasteiger partial charge in [0.2, 0.25) is 0 Å². The predicted octanol–water partition coefficient (Wildman–Crippen LogP) is 4.23. The molecule has 27 heavy (non-hydrogen) atoms. The van der Waals surface area contributed by atoms with Gasteiger partial charge in [0.1, 0.15) is 0 Å². The van der Waals surface area contributed by atoms with Gasteiger partial charge in [-0.25, -0.2) is 4.79 Å². The fourth-order valence-corrected chi connectivity index (χ4v) is 4.07. The number of hydrogen-bond donors (Lipinski definition) is 0. The zero-order valence-corrected chi connectivity index (χ0v) is 15.7. The molecule has 2 aliphatic rings. The molecule has 0 radical (unpaired) electrons. The molecule has 0 saturated heterocycles. The maximum absolute atomic E-state index is 13.3. The van der Waals surface area contributed by atoms with Crippen LogP contribution in [0.2, 0.25) is 0 Å². The molecule has 4 nitrogen and oxygen atoms in total. The Morgan fingerprint density at radius 1 is 1.00 bits per heavy atom. The number of fused-ring (bicyclic) bond motifs is 3. The quantitative estimate of drug-likeness (QED) is 0.771. The maximum atomic E-state index is 13.3. The van der Waals surface area contributed by atoms with Gasteiger partial charge in [-0.3, -0.25) is 9.79 Å². The monoisotopic (exact) mass is 359 g/mol. The Bertz CT molecular complexity index is 999. The number of nitrogens with zero attached hydrogens (tertiary/aromatic N) is 1. The second-order valence-corrected chi connectivity index (χ2v) is 6.99. The normalized spacial score (nSPS) is 20.9. The van der Waals surface area contributed by atoms with Gasteiger partial charge in [-0.05, 0) is 26.3 Å². The molecule has 2 aromatic rings. The van der Waals surface area contributed by atoms with Crippen LogP contribution < -0.4 is 0 Å². The van der Waals surface area contributed by atoms with E-state index in [1.807, 2.05) is 62.4 Å². The van der Waals surface area contributed by atoms with Crippen molar-refractivity contribution in [3.05, 3.63) is 82.1 Å². The van der Waals surface area contributed by atoms with Crippen molar-refractivity contribution < 1.29 is 14.3 Å². The van der Waals surface area contributed by atoms with Crippen molar-refractivity contribution in [2.75, 3.05) is 6.61 Å². The molecule has 2 aromatic carbocycles. The lowest BCUT2D eigenvalue weighted by molar-refractivity contribution is -0.139. The zero-order chi connectivity index (χ0) is 19.1. The molecular weight excluding hydrogens is 338 g/mol. The van der Waals surface area contributed by atoms with Crippen LogP contribution in [0.4, 0.5) is 0 Å². The van der Waals surface area contributed by atoms with Crippen molar-refractivity contribution in [2.24, 2.45) is 10.9 Å². The molecule has 0 spiro atoms. The number of ether oxygens (including phenoxy) is 1. The van der Waals surface area contributed by atoms with Gasteiger partial charge in [0.05, 0.1) is 23.8 Å². The highest BCUT2D eigenvalue weighted by atomic mass is 16.5. The van der Waals surface area contributed by atoms with Gasteiger partial charge in [0.15, 0.2) is 5.78 Å². The number of ketones is 1. The van der Waals surface area contributed by atoms with Crippen LogP contribution in [0.1, 0.15) is 46.8 Å². The first-order chi connectivity index (χ1) is 13.0. The second kappa shape index (κ2) is 6.62. The molecule has 4 heteroatoms. The molecule has 4 rings (SSSR count). The van der Waals surface area contributed by atoms with Gasteiger partial charge < -0.3 is 4.74 Å². The summed E-state index contributed by atoms with van der Waals surface area (Å²) in [6, 6.07) is 15.5. The molecule has 0 unspecified atom stereocenters. The van der Waals surface area contributed by atoms with Crippen molar-refractivity contribution in [2.45, 2.75) is 26.7 Å². The largest absolute Gasteiger partial charge is 0.463 e. The molecule has 0 aromatic heterocycles. The van der Waals surface area contributed by atoms with E-state index in [1.165, 1.54) is 0 Å². The van der Waals surface area contributed by atoms with Crippen molar-refractivity contribution in [3.8, 4) is 0 Å². The number of aliphatic imine (C=N–C) groups is 1. The summed E-state index contributed by atoms with van der Waals surface area (Å²) in [6.45, 7) is 5.90. The first-order valence-electron chi connectivity index (χ1n) is 9.19. The summed E-state index contributed by atoms with van der Waals surface area (Å²) in [5.41, 5.74) is 5.46. The summed E-state index contributed by atoms with van der Waals surface area (Å²) in [4.78, 5) is 30.7. The Labute approximate surface area is 158 Å². The van der Waals surface area contributed by atoms with Crippen molar-refractivity contribution in [1.29, 1.82) is 0 Å². The van der Waals surface area contributed by atoms with E-state index in [1.54, 1.807) is 6.92 Å². The van der Waals surface area contributed by atoms with Crippen LogP contribution in [-0.2, 0) is 9.53 Å². The number of allylic oxidation sites excluding steroid dienone is 1. The first kappa shape index (κ1) is 17.4. The third kappa shape index (κ3) is 2.72. The van der Waals surface area contributed by atoms with Crippen LogP contribution in [0.3, 0.4) is 0 Å². The van der Waals surface area contributed by atoms with E-state index in [9.17, 15) is 9.59 Å². The van der Waals surface area contributed by atoms with E-state index in [4.69, 9.17) is 4.74 Å². The lowest BCUT2D eigenvalue weighted by Crippen LogP contribution is -2.32. The maximum Gasteiger partial charge on any atom is 0.336 e. The molecule has 1 heterocycles. The van der Waals surface area contributed by atoms with Gasteiger partial charge in [-0.1, -0.05) is 54.1 Å². The number of carbonyl (C=O) groups excluding carboxylic acids is 2. The molecule has 0 N–H and O–H groups in total. The number of benzene rings is 2. The Balaban J connectivity index is 1.93. The van der Waals surface area contributed by atoms with Crippen LogP contribution in [0, 0.1) is 12.8 Å². The number of esters is 1. The summed E-state index contributed by atoms with van der Waals surface area (Å²) in [5, 5.41) is 0. The average molecular weight is 359 g/mol. The van der Waals surface area contributed by atoms with Crippen LogP contribution in [0.15, 0.2) is 64.8 Å². The molecule has 2 atom stereocenters. The van der Waals surface area contributed by atoms with Crippen LogP contribution >= 0.6 is 0 Å². The van der Waals surface area contributed by atoms with Crippen molar-refractivity contribution in [1.82, 2.24) is 0 Å². The summed E-state index contributed by atoms with van der Waals surface area (Å²) in [5.74, 6) is -1.26. The molecule has 1 aliphatic carbocycles. The molecule has 1 aliphatic heterocycles. The van der Waals surface area contributed by atoms with Crippen molar-refractivity contribution >= 4 is 17.5 Å². The highest BCUT2D eigenvalue weighted by molar-refractivity contribution is 6.30. The van der Waals surface area contributed by atoms with Crippen LogP contribution in [0.25, 0.3) is 0 Å². The van der Waals surface area contributed by atoms with E-state index in [0.29, 0.717) is 16.8 Å². The standard InChI is InChI=1S/C23H21NO3/c1-4-27-23(26)18-14(3)24-21-16-7-5-6-8-17(16)22(25)20(21)19(18)15-11-9-13(2)10-12-15/h5-12,19-20H,4H2,1-3H3/t19-,20+/m0/s1. The Hall–Kier alpha value is -3.01. The van der Waals surface area contributed by atoms with E-state index < -0.39 is 17.8 Å². The molecule has 0 bridgehead atoms. The molecule has 0 amide bonds. The van der Waals surface area contributed by atoms with E-state index >= 15 is 0 Å². The lowest BCUT2D eigenvalue weighted by atomic mass is 9.75. The van der Waals surface area contributed by atoms with Crippen LogP contribution in [0.5, 0.6) is 0 Å². The minimum atomic E-state index is -0.492. The first-order valence-corrected chi connectivity index (χ1v) is 9.19. The second-order valence-electron chi connectivity index (χ2n) is 6.99. The van der Waals surface area contributed by atoms with Crippen LogP contribution in [-0.4, -0.2) is 24.1 Å². The van der Waals surface area contributed by atoms with Gasteiger partial charge in [0.25, 0.3) is 0 Å². The lowest BCUT2D eigenvalue weighted by Gasteiger charge is -2.30. The summed E-state index contributed by atoms with van der Waals surface area (Å²) >= 11 is 0. The Morgan fingerprint density at radius 2 is 1.67 bits per heavy atom. The highest BCUT2D eigenvalue weighted by Crippen LogP contribution is 2.45. The van der Waals surface area contributed by atoms with E-state index in [2.05, 4.69) is 4.99 Å². The zero-order valence-electron chi connectivity index (χ0n) is 15.7. The minimum absolute atomic E-state index is 0.0178. The molecule has 0 fully saturated rings. The Kier molecular flexibility index (Phi) is 4.27. The predicted molar refractivity (Wildman–Crippen MR) is 104 cm³/mol. The Morgan fingerprint density at radius 3 is 2.33 bits per heavy atom. The number of carbonyl (C=O) groups is 2. The fourth-order valence-electron chi connectivity index (χ4n) is 4.07. The average Bonchev–Trinajstić information content (AvgIpc) is 2.94. The third-order valence-electron chi connectivity index (χ3n) is 5.30. The fraction of sp³-hybridized carbons (Fsp3) is 0.261. The van der Waals surface area contributed by atoms with E-state index in [0.717, 1.165) is 22.4 Å². The smallest absolute Gasteiger partial charge is 0.336 e. The molecular formula is C23H21NO3. The number of Topliss-reactive ketones (excluding diaryl/α,β-unsaturated/α-hetero) is 1. The van der Waals surface area contributed by atoms with Gasteiger partial charge in [-0.2, -0.15) is 0 Å².